The first-order valence-electron chi connectivity index (χ1n) is 4.70. The molecule has 1 N–H and O–H groups in total. The summed E-state index contributed by atoms with van der Waals surface area (Å²) in [5.41, 5.74) is 0.421. The Balaban J connectivity index is 2.70. The van der Waals surface area contributed by atoms with Gasteiger partial charge in [-0.05, 0) is 19.1 Å². The zero-order valence-electron chi connectivity index (χ0n) is 8.65. The number of hydrogen-bond donors (Lipinski definition) is 1. The molecule has 6 heteroatoms. The van der Waals surface area contributed by atoms with E-state index < -0.39 is 12.0 Å². The number of aryl methyl sites for hydroxylation is 1. The van der Waals surface area contributed by atoms with Crippen LogP contribution in [0.25, 0.3) is 10.9 Å². The second-order valence-corrected chi connectivity index (χ2v) is 4.56. The summed E-state index contributed by atoms with van der Waals surface area (Å²) in [4.78, 5) is 14.1. The van der Waals surface area contributed by atoms with Crippen LogP contribution in [0.15, 0.2) is 22.7 Å². The number of rotatable bonds is 1. The number of ketones is 1. The van der Waals surface area contributed by atoms with Crippen LogP contribution in [0, 0.1) is 6.92 Å². The highest BCUT2D eigenvalue weighted by Crippen LogP contribution is 2.30. The largest absolute Gasteiger partial charge is 0.454 e. The molecular formula is C11H7BrF3NO. The lowest BCUT2D eigenvalue weighted by molar-refractivity contribution is -0.0884. The van der Waals surface area contributed by atoms with Gasteiger partial charge in [0, 0.05) is 21.1 Å². The van der Waals surface area contributed by atoms with E-state index in [0.29, 0.717) is 5.52 Å². The Bertz CT molecular complexity index is 601. The van der Waals surface area contributed by atoms with Crippen molar-refractivity contribution in [2.75, 3.05) is 0 Å². The van der Waals surface area contributed by atoms with Crippen molar-refractivity contribution >= 4 is 32.6 Å². The molecule has 0 saturated heterocycles. The molecule has 90 valence electrons. The lowest BCUT2D eigenvalue weighted by Gasteiger charge is -2.04. The van der Waals surface area contributed by atoms with Gasteiger partial charge in [0.25, 0.3) is 5.78 Å². The first-order chi connectivity index (χ1) is 7.80. The maximum Gasteiger partial charge on any atom is 0.454 e. The van der Waals surface area contributed by atoms with Crippen molar-refractivity contribution in [1.29, 1.82) is 0 Å². The van der Waals surface area contributed by atoms with E-state index in [2.05, 4.69) is 20.9 Å². The molecule has 0 spiro atoms. The molecule has 0 bridgehead atoms. The summed E-state index contributed by atoms with van der Waals surface area (Å²) in [6.07, 6.45) is -4.85. The molecule has 1 aromatic heterocycles. The maximum absolute atomic E-state index is 12.4. The van der Waals surface area contributed by atoms with Gasteiger partial charge in [-0.2, -0.15) is 13.2 Å². The van der Waals surface area contributed by atoms with Crippen molar-refractivity contribution in [2.24, 2.45) is 0 Å². The van der Waals surface area contributed by atoms with Crippen molar-refractivity contribution in [1.82, 2.24) is 4.98 Å². The van der Waals surface area contributed by atoms with Crippen molar-refractivity contribution in [2.45, 2.75) is 13.1 Å². The van der Waals surface area contributed by atoms with Crippen molar-refractivity contribution in [3.8, 4) is 0 Å². The van der Waals surface area contributed by atoms with Gasteiger partial charge < -0.3 is 4.98 Å². The van der Waals surface area contributed by atoms with Gasteiger partial charge in [-0.1, -0.05) is 22.0 Å². The molecule has 0 atom stereocenters. The predicted molar refractivity (Wildman–Crippen MR) is 61.1 cm³/mol. The van der Waals surface area contributed by atoms with E-state index >= 15 is 0 Å². The molecule has 1 heterocycles. The van der Waals surface area contributed by atoms with Crippen molar-refractivity contribution in [3.05, 3.63) is 33.9 Å². The Morgan fingerprint density at radius 1 is 1.35 bits per heavy atom. The average molecular weight is 306 g/mol. The molecule has 0 aliphatic rings. The number of aromatic amines is 1. The van der Waals surface area contributed by atoms with E-state index in [9.17, 15) is 18.0 Å². The van der Waals surface area contributed by atoms with Crippen LogP contribution < -0.4 is 0 Å². The predicted octanol–water partition coefficient (Wildman–Crippen LogP) is 3.98. The van der Waals surface area contributed by atoms with Gasteiger partial charge in [0.05, 0.1) is 5.56 Å². The normalized spacial score (nSPS) is 12.1. The average Bonchev–Trinajstić information content (AvgIpc) is 2.50. The zero-order chi connectivity index (χ0) is 12.8. The van der Waals surface area contributed by atoms with Crippen LogP contribution in [-0.2, 0) is 0 Å². The number of halogens is 4. The summed E-state index contributed by atoms with van der Waals surface area (Å²) < 4.78 is 38.0. The van der Waals surface area contributed by atoms with Crippen molar-refractivity contribution in [3.63, 3.8) is 0 Å². The number of Topliss-reactive ketones (excluding diaryl/α,β-unsaturated/α-hetero) is 1. The van der Waals surface area contributed by atoms with Crippen LogP contribution in [0.3, 0.4) is 0 Å². The molecule has 17 heavy (non-hydrogen) atoms. The lowest BCUT2D eigenvalue weighted by atomic mass is 10.1. The van der Waals surface area contributed by atoms with Crippen LogP contribution in [0.5, 0.6) is 0 Å². The van der Waals surface area contributed by atoms with Crippen LogP contribution >= 0.6 is 15.9 Å². The number of H-pyrrole nitrogens is 1. The third-order valence-corrected chi connectivity index (χ3v) is 2.93. The number of nitrogens with one attached hydrogen (secondary N) is 1. The molecule has 2 nitrogen and oxygen atoms in total. The number of alkyl halides is 3. The van der Waals surface area contributed by atoms with Crippen LogP contribution in [0.2, 0.25) is 0 Å². The second kappa shape index (κ2) is 3.87. The summed E-state index contributed by atoms with van der Waals surface area (Å²) in [5.74, 6) is -1.82. The highest BCUT2D eigenvalue weighted by Gasteiger charge is 2.41. The summed E-state index contributed by atoms with van der Waals surface area (Å²) in [5, 5.41) is 0.285. The van der Waals surface area contributed by atoms with E-state index in [1.165, 1.54) is 13.0 Å². The topological polar surface area (TPSA) is 32.9 Å². The zero-order valence-corrected chi connectivity index (χ0v) is 10.2. The molecule has 0 aliphatic carbocycles. The highest BCUT2D eigenvalue weighted by molar-refractivity contribution is 9.10. The molecule has 0 radical (unpaired) electrons. The maximum atomic E-state index is 12.4. The first kappa shape index (κ1) is 12.2. The lowest BCUT2D eigenvalue weighted by Crippen LogP contribution is -2.23. The fourth-order valence-corrected chi connectivity index (χ4v) is 2.10. The van der Waals surface area contributed by atoms with E-state index in [1.807, 2.05) is 0 Å². The Morgan fingerprint density at radius 3 is 2.59 bits per heavy atom. The fraction of sp³-hybridized carbons (Fsp3) is 0.182. The fourth-order valence-electron chi connectivity index (χ4n) is 1.74. The minimum atomic E-state index is -4.85. The number of hydrogen-bond acceptors (Lipinski definition) is 1. The molecule has 0 fully saturated rings. The standard InChI is InChI=1S/C11H7BrF3NO/c1-5-9(10(17)11(13,14)15)7-3-2-6(12)4-8(7)16-5/h2-4,16H,1H3. The monoisotopic (exact) mass is 305 g/mol. The van der Waals surface area contributed by atoms with E-state index in [4.69, 9.17) is 0 Å². The van der Waals surface area contributed by atoms with Crippen LogP contribution in [-0.4, -0.2) is 16.9 Å². The molecule has 0 unspecified atom stereocenters. The van der Waals surface area contributed by atoms with E-state index in [-0.39, 0.29) is 16.6 Å². The minimum absolute atomic E-state index is 0.223. The number of benzene rings is 1. The SMILES string of the molecule is Cc1[nH]c2cc(Br)ccc2c1C(=O)C(F)(F)F. The Morgan fingerprint density at radius 2 is 2.00 bits per heavy atom. The molecule has 0 aliphatic heterocycles. The Kier molecular flexibility index (Phi) is 2.77. The van der Waals surface area contributed by atoms with Crippen LogP contribution in [0.4, 0.5) is 13.2 Å². The van der Waals surface area contributed by atoms with Crippen LogP contribution in [0.1, 0.15) is 16.1 Å². The Labute approximate surface area is 103 Å². The molecular weight excluding hydrogens is 299 g/mol. The van der Waals surface area contributed by atoms with Gasteiger partial charge in [0.1, 0.15) is 0 Å². The summed E-state index contributed by atoms with van der Waals surface area (Å²) in [6, 6.07) is 4.72. The van der Waals surface area contributed by atoms with Gasteiger partial charge in [-0.25, -0.2) is 0 Å². The van der Waals surface area contributed by atoms with Gasteiger partial charge in [0.15, 0.2) is 0 Å². The molecule has 0 amide bonds. The van der Waals surface area contributed by atoms with Gasteiger partial charge in [0.2, 0.25) is 0 Å². The molecule has 2 aromatic rings. The Hall–Kier alpha value is -1.30. The quantitative estimate of drug-likeness (QED) is 0.794. The molecule has 2 rings (SSSR count). The van der Waals surface area contributed by atoms with Gasteiger partial charge >= 0.3 is 6.18 Å². The van der Waals surface area contributed by atoms with Gasteiger partial charge in [-0.3, -0.25) is 4.79 Å². The van der Waals surface area contributed by atoms with E-state index in [0.717, 1.165) is 4.47 Å². The third-order valence-electron chi connectivity index (χ3n) is 2.43. The molecule has 1 aromatic carbocycles. The number of carbonyl (C=O) groups is 1. The number of fused-ring (bicyclic) bond motifs is 1. The van der Waals surface area contributed by atoms with Crippen molar-refractivity contribution < 1.29 is 18.0 Å². The minimum Gasteiger partial charge on any atom is -0.358 e. The first-order valence-corrected chi connectivity index (χ1v) is 5.49. The molecule has 0 saturated carbocycles. The smallest absolute Gasteiger partial charge is 0.358 e. The van der Waals surface area contributed by atoms with Gasteiger partial charge in [-0.15, -0.1) is 0 Å². The van der Waals surface area contributed by atoms with E-state index in [1.54, 1.807) is 12.1 Å². The second-order valence-electron chi connectivity index (χ2n) is 3.64. The highest BCUT2D eigenvalue weighted by atomic mass is 79.9. The third kappa shape index (κ3) is 2.09. The summed E-state index contributed by atoms with van der Waals surface area (Å²) >= 11 is 3.22. The number of aromatic nitrogens is 1. The number of carbonyl (C=O) groups excluding carboxylic acids is 1. The summed E-state index contributed by atoms with van der Waals surface area (Å²) in [7, 11) is 0. The summed E-state index contributed by atoms with van der Waals surface area (Å²) in [6.45, 7) is 1.45.